The maximum atomic E-state index is 11.4. The Balaban J connectivity index is 2.01. The Hall–Kier alpha value is -1.22. The average Bonchev–Trinajstić information content (AvgIpc) is 2.56. The Morgan fingerprint density at radius 2 is 2.30 bits per heavy atom. The zero-order valence-corrected chi connectivity index (χ0v) is 14.8. The predicted molar refractivity (Wildman–Crippen MR) is 91.1 cm³/mol. The molecule has 1 aliphatic heterocycles. The molecule has 0 saturated carbocycles. The van der Waals surface area contributed by atoms with E-state index in [0.29, 0.717) is 12.2 Å². The summed E-state index contributed by atoms with van der Waals surface area (Å²) in [5.41, 5.74) is 6.92. The number of morpholine rings is 1. The standard InChI is InChI=1S/C15H23BrN4O3/c1-22-14(21)9-18-13(10-20-2-4-23-5-3-20)7-11-6-12(16)8-19-15(11)17/h6,8,13,18H,2-5,7,9-10H2,1H3,(H2,17,19). The van der Waals surface area contributed by atoms with Crippen molar-refractivity contribution in [3.63, 3.8) is 0 Å². The van der Waals surface area contributed by atoms with E-state index < -0.39 is 0 Å². The Kier molecular flexibility index (Phi) is 7.22. The minimum absolute atomic E-state index is 0.0746. The number of ether oxygens (including phenoxy) is 2. The van der Waals surface area contributed by atoms with E-state index in [1.54, 1.807) is 6.20 Å². The molecule has 0 bridgehead atoms. The van der Waals surface area contributed by atoms with Crippen molar-refractivity contribution >= 4 is 27.7 Å². The van der Waals surface area contributed by atoms with E-state index in [1.165, 1.54) is 7.11 Å². The third kappa shape index (κ3) is 6.06. The van der Waals surface area contributed by atoms with E-state index in [-0.39, 0.29) is 18.6 Å². The summed E-state index contributed by atoms with van der Waals surface area (Å²) >= 11 is 3.42. The van der Waals surface area contributed by atoms with Crippen LogP contribution in [-0.4, -0.2) is 68.4 Å². The molecule has 1 aromatic rings. The second-order valence-electron chi connectivity index (χ2n) is 5.47. The van der Waals surface area contributed by atoms with Gasteiger partial charge in [-0.3, -0.25) is 9.69 Å². The number of pyridine rings is 1. The zero-order valence-electron chi connectivity index (χ0n) is 13.3. The number of nitrogens with two attached hydrogens (primary N) is 1. The molecule has 1 atom stereocenters. The van der Waals surface area contributed by atoms with Gasteiger partial charge in [0.15, 0.2) is 0 Å². The van der Waals surface area contributed by atoms with Crippen LogP contribution in [0.5, 0.6) is 0 Å². The van der Waals surface area contributed by atoms with Crippen LogP contribution in [0.25, 0.3) is 0 Å². The van der Waals surface area contributed by atoms with Crippen LogP contribution in [0.4, 0.5) is 5.82 Å². The number of aromatic nitrogens is 1. The van der Waals surface area contributed by atoms with Crippen LogP contribution in [0.2, 0.25) is 0 Å². The fraction of sp³-hybridized carbons (Fsp3) is 0.600. The first kappa shape index (κ1) is 18.1. The number of methoxy groups -OCH3 is 1. The number of nitrogens with one attached hydrogen (secondary N) is 1. The van der Waals surface area contributed by atoms with Crippen molar-refractivity contribution in [1.82, 2.24) is 15.2 Å². The topological polar surface area (TPSA) is 89.7 Å². The lowest BCUT2D eigenvalue weighted by Crippen LogP contribution is -2.47. The van der Waals surface area contributed by atoms with Gasteiger partial charge in [0.05, 0.1) is 26.9 Å². The molecule has 2 rings (SSSR count). The molecule has 2 heterocycles. The molecule has 1 unspecified atom stereocenters. The molecular formula is C15H23BrN4O3. The number of hydrogen-bond acceptors (Lipinski definition) is 7. The van der Waals surface area contributed by atoms with Gasteiger partial charge in [0.25, 0.3) is 0 Å². The van der Waals surface area contributed by atoms with E-state index in [9.17, 15) is 4.79 Å². The van der Waals surface area contributed by atoms with Crippen molar-refractivity contribution in [3.05, 3.63) is 22.3 Å². The highest BCUT2D eigenvalue weighted by Crippen LogP contribution is 2.17. The molecule has 128 valence electrons. The zero-order chi connectivity index (χ0) is 16.7. The van der Waals surface area contributed by atoms with Gasteiger partial charge in [-0.25, -0.2) is 4.98 Å². The highest BCUT2D eigenvalue weighted by Gasteiger charge is 2.19. The molecule has 8 heteroatoms. The second-order valence-corrected chi connectivity index (χ2v) is 6.38. The molecule has 0 aliphatic carbocycles. The smallest absolute Gasteiger partial charge is 0.319 e. The lowest BCUT2D eigenvalue weighted by Gasteiger charge is -2.31. The molecular weight excluding hydrogens is 364 g/mol. The number of carbonyl (C=O) groups excluding carboxylic acids is 1. The third-order valence-electron chi connectivity index (χ3n) is 3.78. The monoisotopic (exact) mass is 386 g/mol. The number of halogens is 1. The minimum atomic E-state index is -0.280. The Labute approximate surface area is 144 Å². The molecule has 1 saturated heterocycles. The van der Waals surface area contributed by atoms with E-state index >= 15 is 0 Å². The molecule has 0 aromatic carbocycles. The van der Waals surface area contributed by atoms with Gasteiger partial charge in [-0.2, -0.15) is 0 Å². The van der Waals surface area contributed by atoms with Gasteiger partial charge >= 0.3 is 5.97 Å². The fourth-order valence-electron chi connectivity index (χ4n) is 2.52. The SMILES string of the molecule is COC(=O)CNC(Cc1cc(Br)cnc1N)CN1CCOCC1. The van der Waals surface area contributed by atoms with Crippen LogP contribution in [0.15, 0.2) is 16.7 Å². The van der Waals surface area contributed by atoms with E-state index in [0.717, 1.165) is 42.9 Å². The maximum absolute atomic E-state index is 11.4. The lowest BCUT2D eigenvalue weighted by molar-refractivity contribution is -0.139. The molecule has 1 aromatic heterocycles. The van der Waals surface area contributed by atoms with Gasteiger partial charge < -0.3 is 20.5 Å². The second kappa shape index (κ2) is 9.17. The summed E-state index contributed by atoms with van der Waals surface area (Å²) in [4.78, 5) is 17.9. The molecule has 0 amide bonds. The summed E-state index contributed by atoms with van der Waals surface area (Å²) in [6.07, 6.45) is 2.37. The largest absolute Gasteiger partial charge is 0.468 e. The fourth-order valence-corrected chi connectivity index (χ4v) is 2.90. The van der Waals surface area contributed by atoms with E-state index in [1.807, 2.05) is 6.07 Å². The van der Waals surface area contributed by atoms with Crippen molar-refractivity contribution in [3.8, 4) is 0 Å². The summed E-state index contributed by atoms with van der Waals surface area (Å²) in [6.45, 7) is 4.25. The Morgan fingerprint density at radius 3 is 3.00 bits per heavy atom. The molecule has 1 aliphatic rings. The number of anilines is 1. The van der Waals surface area contributed by atoms with Crippen LogP contribution < -0.4 is 11.1 Å². The van der Waals surface area contributed by atoms with E-state index in [4.69, 9.17) is 15.2 Å². The molecule has 0 spiro atoms. The Bertz CT molecular complexity index is 523. The van der Waals surface area contributed by atoms with Gasteiger partial charge in [0.1, 0.15) is 5.82 Å². The van der Waals surface area contributed by atoms with Crippen molar-refractivity contribution in [2.75, 3.05) is 52.2 Å². The van der Waals surface area contributed by atoms with Crippen LogP contribution in [0, 0.1) is 0 Å². The third-order valence-corrected chi connectivity index (χ3v) is 4.21. The average molecular weight is 387 g/mol. The van der Waals surface area contributed by atoms with Crippen LogP contribution in [0.3, 0.4) is 0 Å². The van der Waals surface area contributed by atoms with E-state index in [2.05, 4.69) is 31.1 Å². The minimum Gasteiger partial charge on any atom is -0.468 e. The summed E-state index contributed by atoms with van der Waals surface area (Å²) in [7, 11) is 1.39. The first-order valence-corrected chi connectivity index (χ1v) is 8.38. The van der Waals surface area contributed by atoms with Crippen molar-refractivity contribution in [2.24, 2.45) is 0 Å². The highest BCUT2D eigenvalue weighted by atomic mass is 79.9. The van der Waals surface area contributed by atoms with Crippen LogP contribution >= 0.6 is 15.9 Å². The molecule has 23 heavy (non-hydrogen) atoms. The van der Waals surface area contributed by atoms with Gasteiger partial charge in [-0.15, -0.1) is 0 Å². The molecule has 7 nitrogen and oxygen atoms in total. The van der Waals surface area contributed by atoms with Crippen molar-refractivity contribution < 1.29 is 14.3 Å². The van der Waals surface area contributed by atoms with Crippen molar-refractivity contribution in [2.45, 2.75) is 12.5 Å². The van der Waals surface area contributed by atoms with Gasteiger partial charge in [-0.05, 0) is 34.0 Å². The number of nitrogen functional groups attached to an aromatic ring is 1. The number of nitrogens with zero attached hydrogens (tertiary/aromatic N) is 2. The van der Waals surface area contributed by atoms with Gasteiger partial charge in [0, 0.05) is 36.3 Å². The van der Waals surface area contributed by atoms with Crippen molar-refractivity contribution in [1.29, 1.82) is 0 Å². The first-order chi connectivity index (χ1) is 11.1. The lowest BCUT2D eigenvalue weighted by atomic mass is 10.1. The molecule has 0 radical (unpaired) electrons. The maximum Gasteiger partial charge on any atom is 0.319 e. The molecule has 1 fully saturated rings. The number of esters is 1. The first-order valence-electron chi connectivity index (χ1n) is 7.58. The number of rotatable bonds is 7. The quantitative estimate of drug-likeness (QED) is 0.656. The molecule has 3 N–H and O–H groups in total. The normalized spacial score (nSPS) is 17.0. The predicted octanol–water partition coefficient (Wildman–Crippen LogP) is 0.432. The summed E-state index contributed by atoms with van der Waals surface area (Å²) in [5.74, 6) is 0.234. The number of carbonyl (C=O) groups is 1. The van der Waals surface area contributed by atoms with Gasteiger partial charge in [0.2, 0.25) is 0 Å². The van der Waals surface area contributed by atoms with Crippen LogP contribution in [-0.2, 0) is 20.7 Å². The van der Waals surface area contributed by atoms with Crippen LogP contribution in [0.1, 0.15) is 5.56 Å². The van der Waals surface area contributed by atoms with Gasteiger partial charge in [-0.1, -0.05) is 0 Å². The summed E-state index contributed by atoms with van der Waals surface area (Å²) in [5, 5.41) is 3.26. The Morgan fingerprint density at radius 1 is 1.57 bits per heavy atom. The number of hydrogen-bond donors (Lipinski definition) is 2. The summed E-state index contributed by atoms with van der Waals surface area (Å²) in [6, 6.07) is 2.04. The highest BCUT2D eigenvalue weighted by molar-refractivity contribution is 9.10. The summed E-state index contributed by atoms with van der Waals surface area (Å²) < 4.78 is 11.0.